The number of halogens is 3. The third-order valence-corrected chi connectivity index (χ3v) is 4.65. The van der Waals surface area contributed by atoms with Crippen molar-refractivity contribution < 1.29 is 22.7 Å². The van der Waals surface area contributed by atoms with Gasteiger partial charge in [-0.15, -0.1) is 0 Å². The molecule has 1 heterocycles. The number of amides is 1. The van der Waals surface area contributed by atoms with Crippen molar-refractivity contribution in [3.05, 3.63) is 70.3 Å². The van der Waals surface area contributed by atoms with Gasteiger partial charge in [0.25, 0.3) is 5.56 Å². The summed E-state index contributed by atoms with van der Waals surface area (Å²) in [4.78, 5) is 30.1. The first-order valence-corrected chi connectivity index (χ1v) is 10.3. The maximum Gasteiger partial charge on any atom is 0.417 e. The first kappa shape index (κ1) is 24.1. The molecule has 7 nitrogen and oxygen atoms in total. The van der Waals surface area contributed by atoms with Gasteiger partial charge in [-0.05, 0) is 51.5 Å². The van der Waals surface area contributed by atoms with Crippen molar-refractivity contribution >= 4 is 22.7 Å². The number of alkyl halides is 3. The van der Waals surface area contributed by atoms with Gasteiger partial charge in [-0.1, -0.05) is 31.2 Å². The van der Waals surface area contributed by atoms with E-state index in [1.165, 1.54) is 12.1 Å². The largest absolute Gasteiger partial charge is 0.444 e. The lowest BCUT2D eigenvalue weighted by atomic mass is 10.1. The van der Waals surface area contributed by atoms with Crippen LogP contribution in [-0.4, -0.2) is 21.4 Å². The van der Waals surface area contributed by atoms with Gasteiger partial charge in [0.2, 0.25) is 0 Å². The van der Waals surface area contributed by atoms with Crippen LogP contribution in [0.5, 0.6) is 0 Å². The highest BCUT2D eigenvalue weighted by Gasteiger charge is 2.35. The van der Waals surface area contributed by atoms with Gasteiger partial charge in [0.1, 0.15) is 5.60 Å². The third kappa shape index (κ3) is 5.63. The van der Waals surface area contributed by atoms with E-state index >= 15 is 0 Å². The molecule has 1 amide bonds. The van der Waals surface area contributed by atoms with Crippen LogP contribution in [0.3, 0.4) is 0 Å². The average Bonchev–Trinajstić information content (AvgIpc) is 2.72. The Morgan fingerprint density at radius 2 is 1.76 bits per heavy atom. The highest BCUT2D eigenvalue weighted by Crippen LogP contribution is 2.33. The fourth-order valence-corrected chi connectivity index (χ4v) is 3.27. The predicted molar refractivity (Wildman–Crippen MR) is 119 cm³/mol. The lowest BCUT2D eigenvalue weighted by Crippen LogP contribution is -2.40. The summed E-state index contributed by atoms with van der Waals surface area (Å²) in [5.74, 6) is 0.0454. The van der Waals surface area contributed by atoms with Crippen LogP contribution in [0.15, 0.2) is 53.3 Å². The van der Waals surface area contributed by atoms with Gasteiger partial charge in [-0.2, -0.15) is 13.2 Å². The zero-order valence-electron chi connectivity index (χ0n) is 18.7. The summed E-state index contributed by atoms with van der Waals surface area (Å²) < 4.78 is 47.2. The van der Waals surface area contributed by atoms with Crippen LogP contribution in [0.1, 0.15) is 51.5 Å². The molecule has 3 rings (SSSR count). The van der Waals surface area contributed by atoms with Crippen molar-refractivity contribution in [1.29, 1.82) is 0 Å². The van der Waals surface area contributed by atoms with Gasteiger partial charge >= 0.3 is 12.3 Å². The lowest BCUT2D eigenvalue weighted by Gasteiger charge is -2.25. The topological polar surface area (TPSA) is 85.2 Å². The van der Waals surface area contributed by atoms with Crippen molar-refractivity contribution in [3.8, 4) is 0 Å². The molecule has 2 aromatic carbocycles. The Hall–Kier alpha value is -3.56. The van der Waals surface area contributed by atoms with Gasteiger partial charge in [0.05, 0.1) is 28.2 Å². The maximum atomic E-state index is 13.6. The second-order valence-corrected chi connectivity index (χ2v) is 8.39. The number of carbonyl (C=O) groups is 1. The molecule has 33 heavy (non-hydrogen) atoms. The summed E-state index contributed by atoms with van der Waals surface area (Å²) in [6.07, 6.45) is -5.18. The molecule has 0 saturated carbocycles. The SMILES string of the molecule is CC[C@H](NC(=O)OC(C)(C)C)c1nc2cccc(C(F)(F)F)c2c(=O)n1Nc1ccccc1. The van der Waals surface area contributed by atoms with E-state index in [1.807, 2.05) is 0 Å². The number of hydrogen-bond donors (Lipinski definition) is 2. The Morgan fingerprint density at radius 3 is 2.33 bits per heavy atom. The molecule has 176 valence electrons. The van der Waals surface area contributed by atoms with Crippen LogP contribution in [-0.2, 0) is 10.9 Å². The van der Waals surface area contributed by atoms with E-state index in [1.54, 1.807) is 58.0 Å². The molecule has 0 unspecified atom stereocenters. The molecule has 3 aromatic rings. The third-order valence-electron chi connectivity index (χ3n) is 4.65. The van der Waals surface area contributed by atoms with Gasteiger partial charge in [0.15, 0.2) is 5.82 Å². The van der Waals surface area contributed by atoms with Crippen LogP contribution in [0.4, 0.5) is 23.7 Å². The highest BCUT2D eigenvalue weighted by atomic mass is 19.4. The fourth-order valence-electron chi connectivity index (χ4n) is 3.27. The molecular formula is C23H25F3N4O3. The number of alkyl carbamates (subject to hydrolysis) is 1. The predicted octanol–water partition coefficient (Wildman–Crippen LogP) is 5.27. The molecule has 1 atom stereocenters. The highest BCUT2D eigenvalue weighted by molar-refractivity contribution is 5.82. The smallest absolute Gasteiger partial charge is 0.417 e. The summed E-state index contributed by atoms with van der Waals surface area (Å²) in [6, 6.07) is 11.0. The number of nitrogens with zero attached hydrogens (tertiary/aromatic N) is 2. The number of benzene rings is 2. The monoisotopic (exact) mass is 462 g/mol. The normalized spacial score (nSPS) is 12.9. The van der Waals surface area contributed by atoms with E-state index in [2.05, 4.69) is 15.7 Å². The minimum atomic E-state index is -4.74. The summed E-state index contributed by atoms with van der Waals surface area (Å²) in [5, 5.41) is 2.09. The number of nitrogens with one attached hydrogen (secondary N) is 2. The molecule has 0 saturated heterocycles. The van der Waals surface area contributed by atoms with Gasteiger partial charge in [0, 0.05) is 0 Å². The standard InChI is InChI=1S/C23H25F3N4O3/c1-5-16(28-21(32)33-22(2,3)4)19-27-17-13-9-12-15(23(24,25)26)18(17)20(31)30(19)29-14-10-7-6-8-11-14/h6-13,16,29H,5H2,1-4H3,(H,28,32)/t16-/m0/s1. The number of fused-ring (bicyclic) bond motifs is 1. The molecule has 0 aliphatic heterocycles. The number of carbonyl (C=O) groups excluding carboxylic acids is 1. The molecule has 0 aliphatic carbocycles. The summed E-state index contributed by atoms with van der Waals surface area (Å²) in [6.45, 7) is 6.85. The maximum absolute atomic E-state index is 13.6. The first-order valence-electron chi connectivity index (χ1n) is 10.3. The second kappa shape index (κ2) is 9.13. The van der Waals surface area contributed by atoms with Gasteiger partial charge in [-0.25, -0.2) is 14.5 Å². The summed E-state index contributed by atoms with van der Waals surface area (Å²) >= 11 is 0. The molecule has 0 bridgehead atoms. The average molecular weight is 462 g/mol. The van der Waals surface area contributed by atoms with E-state index in [0.717, 1.165) is 10.7 Å². The Labute approximate surface area is 188 Å². The number of hydrogen-bond acceptors (Lipinski definition) is 5. The van der Waals surface area contributed by atoms with Crippen molar-refractivity contribution in [2.24, 2.45) is 0 Å². The van der Waals surface area contributed by atoms with Crippen molar-refractivity contribution in [1.82, 2.24) is 15.0 Å². The van der Waals surface area contributed by atoms with Gasteiger partial charge in [-0.3, -0.25) is 10.2 Å². The zero-order valence-corrected chi connectivity index (χ0v) is 18.7. The minimum absolute atomic E-state index is 0.0454. The fraction of sp³-hybridized carbons (Fsp3) is 0.348. The van der Waals surface area contributed by atoms with Crippen LogP contribution >= 0.6 is 0 Å². The molecular weight excluding hydrogens is 437 g/mol. The van der Waals surface area contributed by atoms with Crippen LogP contribution in [0.25, 0.3) is 10.9 Å². The van der Waals surface area contributed by atoms with Crippen molar-refractivity contribution in [2.45, 2.75) is 51.9 Å². The summed E-state index contributed by atoms with van der Waals surface area (Å²) in [7, 11) is 0. The molecule has 2 N–H and O–H groups in total. The van der Waals surface area contributed by atoms with E-state index in [-0.39, 0.29) is 11.3 Å². The Bertz CT molecular complexity index is 1200. The summed E-state index contributed by atoms with van der Waals surface area (Å²) in [5.41, 5.74) is 0.385. The molecule has 0 fully saturated rings. The number of anilines is 1. The lowest BCUT2D eigenvalue weighted by molar-refractivity contribution is -0.136. The van der Waals surface area contributed by atoms with Crippen molar-refractivity contribution in [3.63, 3.8) is 0 Å². The van der Waals surface area contributed by atoms with Gasteiger partial charge < -0.3 is 10.1 Å². The molecule has 1 aromatic heterocycles. The molecule has 0 spiro atoms. The number of aromatic nitrogens is 2. The van der Waals surface area contributed by atoms with E-state index in [9.17, 15) is 22.8 Å². The molecule has 10 heteroatoms. The van der Waals surface area contributed by atoms with E-state index < -0.39 is 40.4 Å². The minimum Gasteiger partial charge on any atom is -0.444 e. The number of ether oxygens (including phenoxy) is 1. The van der Waals surface area contributed by atoms with Crippen LogP contribution in [0.2, 0.25) is 0 Å². The number of para-hydroxylation sites is 1. The second-order valence-electron chi connectivity index (χ2n) is 8.39. The quantitative estimate of drug-likeness (QED) is 0.540. The first-order chi connectivity index (χ1) is 15.4. The van der Waals surface area contributed by atoms with E-state index in [4.69, 9.17) is 4.74 Å². The Morgan fingerprint density at radius 1 is 1.09 bits per heavy atom. The Kier molecular flexibility index (Phi) is 6.66. The molecule has 0 aliphatic rings. The molecule has 0 radical (unpaired) electrons. The van der Waals surface area contributed by atoms with Crippen LogP contribution < -0.4 is 16.3 Å². The Balaban J connectivity index is 2.21. The van der Waals surface area contributed by atoms with Crippen LogP contribution in [0, 0.1) is 0 Å². The van der Waals surface area contributed by atoms with E-state index in [0.29, 0.717) is 12.1 Å². The zero-order chi connectivity index (χ0) is 24.4. The van der Waals surface area contributed by atoms with Crippen molar-refractivity contribution in [2.75, 3.05) is 5.43 Å². The number of rotatable bonds is 5.